The van der Waals surface area contributed by atoms with Gasteiger partial charge in [0.2, 0.25) is 0 Å². The molecule has 0 amide bonds. The molecule has 10 heteroatoms. The van der Waals surface area contributed by atoms with Gasteiger partial charge in [-0.25, -0.2) is 9.97 Å². The zero-order chi connectivity index (χ0) is 49.0. The number of thiazole rings is 4. The van der Waals surface area contributed by atoms with Gasteiger partial charge in [0.05, 0.1) is 20.4 Å². The van der Waals surface area contributed by atoms with E-state index in [1.54, 1.807) is 45.3 Å². The summed E-state index contributed by atoms with van der Waals surface area (Å²) in [5.41, 5.74) is 14.2. The summed E-state index contributed by atoms with van der Waals surface area (Å²) in [5.74, 6) is 0. The summed E-state index contributed by atoms with van der Waals surface area (Å²) in [6.45, 7) is 0. The molecule has 4 heterocycles. The van der Waals surface area contributed by atoms with Crippen LogP contribution in [-0.4, -0.2) is 19.9 Å². The van der Waals surface area contributed by atoms with Crippen LogP contribution >= 0.6 is 65.2 Å². The Morgan fingerprint density at radius 3 is 0.743 bits per heavy atom. The van der Waals surface area contributed by atoms with E-state index in [4.69, 9.17) is 19.9 Å². The number of rotatable bonds is 11. The SMILES string of the molecule is c1ccc2sc(-c3ccc(N(c4ccc(-c5ccc(I(c6ccc(-c7nc8ccccc8s7)cc6)c6ccc(-c7nc8ccccc8s7)cc6)cc5)cc4)c4ccc(-c5nc6ccccc6s5)cc4)cc3)nc2c1. The van der Waals surface area contributed by atoms with Crippen molar-refractivity contribution in [2.24, 2.45) is 0 Å². The van der Waals surface area contributed by atoms with E-state index < -0.39 is 19.8 Å². The van der Waals surface area contributed by atoms with Crippen LogP contribution in [0.4, 0.5) is 17.1 Å². The van der Waals surface area contributed by atoms with Crippen molar-refractivity contribution < 1.29 is 0 Å². The topological polar surface area (TPSA) is 54.8 Å². The van der Waals surface area contributed by atoms with Crippen LogP contribution in [0.3, 0.4) is 0 Å². The van der Waals surface area contributed by atoms with E-state index in [0.717, 1.165) is 81.4 Å². The van der Waals surface area contributed by atoms with Crippen LogP contribution < -0.4 is 4.90 Å². The van der Waals surface area contributed by atoms with E-state index in [2.05, 4.69) is 235 Å². The third-order valence-corrected chi connectivity index (χ3v) is 23.3. The second-order valence-electron chi connectivity index (χ2n) is 17.7. The molecule has 0 unspecified atom stereocenters. The van der Waals surface area contributed by atoms with Gasteiger partial charge in [0.15, 0.2) is 0 Å². The molecule has 14 rings (SSSR count). The van der Waals surface area contributed by atoms with Crippen LogP contribution in [0.15, 0.2) is 243 Å². The molecule has 5 nitrogen and oxygen atoms in total. The average Bonchev–Trinajstić information content (AvgIpc) is 4.30. The predicted octanol–water partition coefficient (Wildman–Crippen LogP) is 19.3. The van der Waals surface area contributed by atoms with Gasteiger partial charge in [0, 0.05) is 11.1 Å². The van der Waals surface area contributed by atoms with E-state index in [9.17, 15) is 0 Å². The number of benzene rings is 10. The number of hydrogen-bond donors (Lipinski definition) is 0. The summed E-state index contributed by atoms with van der Waals surface area (Å²) in [4.78, 5) is 22.2. The first-order valence-corrected chi connectivity index (χ1v) is 30.6. The molecule has 0 N–H and O–H groups in total. The maximum absolute atomic E-state index is 4.97. The Morgan fingerprint density at radius 1 is 0.243 bits per heavy atom. The Morgan fingerprint density at radius 2 is 0.473 bits per heavy atom. The van der Waals surface area contributed by atoms with Gasteiger partial charge in [-0.1, -0.05) is 24.3 Å². The number of nitrogens with zero attached hydrogens (tertiary/aromatic N) is 5. The van der Waals surface area contributed by atoms with Crippen molar-refractivity contribution in [1.29, 1.82) is 0 Å². The third-order valence-electron chi connectivity index (χ3n) is 13.1. The Bertz CT molecular complexity index is 3650. The number of anilines is 3. The second kappa shape index (κ2) is 19.3. The molecule has 0 spiro atoms. The van der Waals surface area contributed by atoms with Crippen molar-refractivity contribution in [3.63, 3.8) is 0 Å². The summed E-state index contributed by atoms with van der Waals surface area (Å²) < 4.78 is 8.94. The van der Waals surface area contributed by atoms with Crippen LogP contribution in [0.25, 0.3) is 94.3 Å². The minimum atomic E-state index is -2.16. The summed E-state index contributed by atoms with van der Waals surface area (Å²) >= 11 is 4.79. The third kappa shape index (κ3) is 8.68. The summed E-state index contributed by atoms with van der Waals surface area (Å²) in [6, 6.07) is 87.8. The van der Waals surface area contributed by atoms with Crippen molar-refractivity contribution in [3.05, 3.63) is 253 Å². The molecule has 0 fully saturated rings. The van der Waals surface area contributed by atoms with E-state index in [1.165, 1.54) is 40.6 Å². The number of aromatic nitrogens is 4. The Balaban J connectivity index is 0.782. The number of fused-ring (bicyclic) bond motifs is 4. The molecular weight excluding hydrogens is 1090 g/mol. The molecule has 0 aliphatic carbocycles. The quantitative estimate of drug-likeness (QED) is 0.121. The molecule has 10 aromatic carbocycles. The minimum absolute atomic E-state index is 1.02. The molecular formula is C64H40IN5S4. The van der Waals surface area contributed by atoms with Gasteiger partial charge < -0.3 is 0 Å². The first kappa shape index (κ1) is 44.9. The maximum atomic E-state index is 4.97. The fourth-order valence-electron chi connectivity index (χ4n) is 9.32. The smallest absolute Gasteiger partial charge is 0.236 e. The van der Waals surface area contributed by atoms with Crippen molar-refractivity contribution in [2.45, 2.75) is 0 Å². The average molecular weight is 1130 g/mol. The van der Waals surface area contributed by atoms with Crippen LogP contribution in [0.5, 0.6) is 0 Å². The van der Waals surface area contributed by atoms with Crippen LogP contribution in [0.2, 0.25) is 0 Å². The van der Waals surface area contributed by atoms with E-state index >= 15 is 0 Å². The molecule has 0 aliphatic heterocycles. The Kier molecular flexibility index (Phi) is 11.7. The fraction of sp³-hybridized carbons (Fsp3) is 0. The first-order chi connectivity index (χ1) is 36.6. The van der Waals surface area contributed by atoms with Crippen molar-refractivity contribution in [2.75, 3.05) is 4.90 Å². The molecule has 0 saturated carbocycles. The van der Waals surface area contributed by atoms with Crippen molar-refractivity contribution in [1.82, 2.24) is 19.9 Å². The minimum Gasteiger partial charge on any atom is -0.236 e. The summed E-state index contributed by atoms with van der Waals surface area (Å²) in [7, 11) is 0. The Hall–Kier alpha value is -7.71. The molecule has 0 aliphatic rings. The van der Waals surface area contributed by atoms with E-state index in [-0.39, 0.29) is 0 Å². The van der Waals surface area contributed by atoms with E-state index in [0.29, 0.717) is 0 Å². The standard InChI is InChI=1S/C64H40IN5S4/c1-5-13-57-53(9-1)66-61(71-57)43-19-31-48(32-20-43)65(49-33-21-44(22-34-49)62-67-54-10-2-6-14-58(54)72-62)47-29-17-41(18-30-47)42-23-35-50(36-24-42)70(51-37-25-45(26-38-51)63-68-55-11-3-7-15-59(55)73-63)52-39-27-46(28-40-52)64-69-56-12-4-8-16-60(56)74-64/h1-40H. The molecule has 0 atom stereocenters. The van der Waals surface area contributed by atoms with Crippen LogP contribution in [0.1, 0.15) is 0 Å². The predicted molar refractivity (Wildman–Crippen MR) is 324 cm³/mol. The zero-order valence-electron chi connectivity index (χ0n) is 39.3. The number of halogens is 1. The summed E-state index contributed by atoms with van der Waals surface area (Å²) in [6.07, 6.45) is 0. The number of para-hydroxylation sites is 4. The number of hydrogen-bond acceptors (Lipinski definition) is 9. The van der Waals surface area contributed by atoms with Crippen LogP contribution in [-0.2, 0) is 0 Å². The molecule has 0 bridgehead atoms. The molecule has 0 radical (unpaired) electrons. The van der Waals surface area contributed by atoms with Crippen molar-refractivity contribution in [3.8, 4) is 53.4 Å². The fourth-order valence-corrected chi connectivity index (χ4v) is 18.6. The molecule has 74 heavy (non-hydrogen) atoms. The monoisotopic (exact) mass is 1130 g/mol. The van der Waals surface area contributed by atoms with Gasteiger partial charge in [-0.3, -0.25) is 0 Å². The first-order valence-electron chi connectivity index (χ1n) is 24.1. The van der Waals surface area contributed by atoms with Crippen molar-refractivity contribution >= 4 is 123 Å². The van der Waals surface area contributed by atoms with Gasteiger partial charge in [-0.2, -0.15) is 0 Å². The van der Waals surface area contributed by atoms with Crippen LogP contribution in [0, 0.1) is 10.7 Å². The van der Waals surface area contributed by atoms with Gasteiger partial charge in [0.25, 0.3) is 0 Å². The zero-order valence-corrected chi connectivity index (χ0v) is 44.8. The second-order valence-corrected chi connectivity index (χ2v) is 27.2. The Labute approximate surface area is 450 Å². The molecule has 14 aromatic rings. The normalized spacial score (nSPS) is 11.8. The van der Waals surface area contributed by atoms with Gasteiger partial charge >= 0.3 is 332 Å². The van der Waals surface area contributed by atoms with Gasteiger partial charge in [0.1, 0.15) is 10.0 Å². The molecule has 352 valence electrons. The molecule has 0 saturated heterocycles. The van der Waals surface area contributed by atoms with E-state index in [1.807, 2.05) is 12.1 Å². The van der Waals surface area contributed by atoms with Gasteiger partial charge in [-0.05, 0) is 24.3 Å². The van der Waals surface area contributed by atoms with Gasteiger partial charge in [-0.15, -0.1) is 22.7 Å². The molecule has 4 aromatic heterocycles. The summed E-state index contributed by atoms with van der Waals surface area (Å²) in [5, 5.41) is 4.14.